The number of thiazole rings is 1. The molecule has 1 unspecified atom stereocenters. The second kappa shape index (κ2) is 13.2. The smallest absolute Gasteiger partial charge is 0.344 e. The first-order chi connectivity index (χ1) is 19.4. The second-order valence-electron chi connectivity index (χ2n) is 8.62. The topological polar surface area (TPSA) is 115 Å². The lowest BCUT2D eigenvalue weighted by Crippen LogP contribution is -2.40. The molecule has 2 heterocycles. The van der Waals surface area contributed by atoms with Crippen molar-refractivity contribution >= 4 is 29.4 Å². The number of nitrogens with zero attached hydrogens (tertiary/aromatic N) is 2. The van der Waals surface area contributed by atoms with Crippen molar-refractivity contribution in [2.75, 3.05) is 40.6 Å². The number of carbonyl (C=O) groups is 2. The molecule has 0 fully saturated rings. The highest BCUT2D eigenvalue weighted by Crippen LogP contribution is 2.35. The monoisotopic (exact) mass is 566 g/mol. The van der Waals surface area contributed by atoms with Crippen LogP contribution in [0.3, 0.4) is 0 Å². The maximum atomic E-state index is 13.8. The van der Waals surface area contributed by atoms with Gasteiger partial charge in [-0.2, -0.15) is 0 Å². The van der Waals surface area contributed by atoms with Crippen molar-refractivity contribution in [3.63, 3.8) is 0 Å². The highest BCUT2D eigenvalue weighted by molar-refractivity contribution is 7.07. The number of aromatic nitrogens is 1. The molecule has 0 spiro atoms. The Morgan fingerprint density at radius 2 is 1.80 bits per heavy atom. The SMILES string of the molecule is CCOC(=O)COc1ccc(C=c2sc3n(c2=O)C(c2ccccc2OC)C(C(=O)OCCOC)=C(C)N=3)cc1. The Morgan fingerprint density at radius 3 is 2.50 bits per heavy atom. The minimum atomic E-state index is -0.803. The standard InChI is InChI=1S/C29H30N2O8S/c1-5-37-24(32)17-39-20-12-10-19(11-13-20)16-23-27(33)31-26(21-8-6-7-9-22(21)36-4)25(18(2)30-29(31)40-23)28(34)38-15-14-35-3/h6-13,16,26H,5,14-15,17H2,1-4H3. The minimum Gasteiger partial charge on any atom is -0.496 e. The summed E-state index contributed by atoms with van der Waals surface area (Å²) in [5.74, 6) is -0.0103. The van der Waals surface area contributed by atoms with Crippen molar-refractivity contribution in [2.24, 2.45) is 4.99 Å². The third-order valence-corrected chi connectivity index (χ3v) is 7.02. The van der Waals surface area contributed by atoms with Crippen molar-refractivity contribution in [3.05, 3.63) is 90.6 Å². The van der Waals surface area contributed by atoms with E-state index in [9.17, 15) is 14.4 Å². The Morgan fingerprint density at radius 1 is 1.05 bits per heavy atom. The van der Waals surface area contributed by atoms with Gasteiger partial charge in [-0.15, -0.1) is 0 Å². The molecule has 1 aliphatic heterocycles. The van der Waals surface area contributed by atoms with E-state index in [2.05, 4.69) is 4.99 Å². The van der Waals surface area contributed by atoms with Gasteiger partial charge in [0.25, 0.3) is 5.56 Å². The van der Waals surface area contributed by atoms with E-state index in [0.717, 1.165) is 5.56 Å². The Labute approximate surface area is 234 Å². The van der Waals surface area contributed by atoms with E-state index in [0.29, 0.717) is 32.1 Å². The van der Waals surface area contributed by atoms with E-state index < -0.39 is 18.0 Å². The average molecular weight is 567 g/mol. The molecule has 0 aliphatic carbocycles. The molecular weight excluding hydrogens is 536 g/mol. The summed E-state index contributed by atoms with van der Waals surface area (Å²) in [7, 11) is 3.06. The summed E-state index contributed by atoms with van der Waals surface area (Å²) < 4.78 is 28.3. The molecule has 11 heteroatoms. The summed E-state index contributed by atoms with van der Waals surface area (Å²) in [4.78, 5) is 43.7. The Kier molecular flexibility index (Phi) is 9.52. The van der Waals surface area contributed by atoms with Gasteiger partial charge >= 0.3 is 11.9 Å². The maximum absolute atomic E-state index is 13.8. The first kappa shape index (κ1) is 28.8. The molecule has 210 valence electrons. The number of esters is 2. The fraction of sp³-hybridized carbons (Fsp3) is 0.310. The zero-order valence-corrected chi connectivity index (χ0v) is 23.5. The van der Waals surface area contributed by atoms with Gasteiger partial charge in [-0.25, -0.2) is 14.6 Å². The highest BCUT2D eigenvalue weighted by Gasteiger charge is 2.35. The van der Waals surface area contributed by atoms with Crippen LogP contribution in [0.1, 0.15) is 31.0 Å². The van der Waals surface area contributed by atoms with Crippen molar-refractivity contribution in [2.45, 2.75) is 19.9 Å². The molecule has 10 nitrogen and oxygen atoms in total. The van der Waals surface area contributed by atoms with E-state index in [1.54, 1.807) is 50.3 Å². The summed E-state index contributed by atoms with van der Waals surface area (Å²) in [6, 6.07) is 13.4. The number of hydrogen-bond donors (Lipinski definition) is 0. The molecule has 0 saturated heterocycles. The van der Waals surface area contributed by atoms with Gasteiger partial charge < -0.3 is 23.7 Å². The number of fused-ring (bicyclic) bond motifs is 1. The fourth-order valence-corrected chi connectivity index (χ4v) is 5.27. The summed E-state index contributed by atoms with van der Waals surface area (Å²) in [5, 5.41) is 0. The normalized spacial score (nSPS) is 14.8. The van der Waals surface area contributed by atoms with E-state index >= 15 is 0 Å². The first-order valence-electron chi connectivity index (χ1n) is 12.6. The quantitative estimate of drug-likeness (QED) is 0.257. The van der Waals surface area contributed by atoms with Crippen LogP contribution >= 0.6 is 11.3 Å². The molecule has 4 rings (SSSR count). The second-order valence-corrected chi connectivity index (χ2v) is 9.62. The number of benzene rings is 2. The fourth-order valence-electron chi connectivity index (χ4n) is 4.22. The molecular formula is C29H30N2O8S. The average Bonchev–Trinajstić information content (AvgIpc) is 3.26. The molecule has 1 atom stereocenters. The molecule has 0 radical (unpaired) electrons. The molecule has 2 aromatic carbocycles. The van der Waals surface area contributed by atoms with Gasteiger partial charge in [0, 0.05) is 12.7 Å². The first-order valence-corrected chi connectivity index (χ1v) is 13.4. The van der Waals surface area contributed by atoms with E-state index in [1.165, 1.54) is 30.1 Å². The largest absolute Gasteiger partial charge is 0.496 e. The molecule has 0 saturated carbocycles. The van der Waals surface area contributed by atoms with Crippen LogP contribution in [0.2, 0.25) is 0 Å². The van der Waals surface area contributed by atoms with Gasteiger partial charge in [0.15, 0.2) is 11.4 Å². The minimum absolute atomic E-state index is 0.0642. The van der Waals surface area contributed by atoms with Crippen LogP contribution in [-0.2, 0) is 23.8 Å². The lowest BCUT2D eigenvalue weighted by Gasteiger charge is -2.26. The summed E-state index contributed by atoms with van der Waals surface area (Å²) in [6.45, 7) is 3.85. The van der Waals surface area contributed by atoms with Gasteiger partial charge in [0.2, 0.25) is 0 Å². The van der Waals surface area contributed by atoms with E-state index in [4.69, 9.17) is 23.7 Å². The molecule has 0 amide bonds. The Hall–Kier alpha value is -4.22. The third-order valence-electron chi connectivity index (χ3n) is 6.04. The number of ether oxygens (including phenoxy) is 5. The van der Waals surface area contributed by atoms with Crippen LogP contribution in [0.5, 0.6) is 11.5 Å². The number of rotatable bonds is 11. The van der Waals surface area contributed by atoms with Gasteiger partial charge in [-0.1, -0.05) is 41.7 Å². The van der Waals surface area contributed by atoms with Crippen LogP contribution in [0, 0.1) is 0 Å². The number of para-hydroxylation sites is 1. The van der Waals surface area contributed by atoms with Crippen molar-refractivity contribution in [3.8, 4) is 11.5 Å². The zero-order valence-electron chi connectivity index (χ0n) is 22.7. The summed E-state index contributed by atoms with van der Waals surface area (Å²) in [6.07, 6.45) is 1.74. The molecule has 1 aromatic heterocycles. The van der Waals surface area contributed by atoms with Gasteiger partial charge in [0.1, 0.15) is 24.1 Å². The van der Waals surface area contributed by atoms with Gasteiger partial charge in [0.05, 0.1) is 36.1 Å². The van der Waals surface area contributed by atoms with Gasteiger partial charge in [-0.05, 0) is 43.7 Å². The third kappa shape index (κ3) is 6.32. The molecule has 40 heavy (non-hydrogen) atoms. The number of hydrogen-bond acceptors (Lipinski definition) is 10. The van der Waals surface area contributed by atoms with Crippen LogP contribution in [0.4, 0.5) is 0 Å². The molecule has 3 aromatic rings. The maximum Gasteiger partial charge on any atom is 0.344 e. The van der Waals surface area contributed by atoms with E-state index in [-0.39, 0.29) is 37.6 Å². The lowest BCUT2D eigenvalue weighted by molar-refractivity contribution is -0.145. The predicted octanol–water partition coefficient (Wildman–Crippen LogP) is 2.38. The van der Waals surface area contributed by atoms with Crippen molar-refractivity contribution < 1.29 is 33.3 Å². The van der Waals surface area contributed by atoms with Crippen molar-refractivity contribution in [1.29, 1.82) is 0 Å². The predicted molar refractivity (Wildman–Crippen MR) is 148 cm³/mol. The zero-order chi connectivity index (χ0) is 28.6. The Balaban J connectivity index is 1.74. The molecule has 1 aliphatic rings. The van der Waals surface area contributed by atoms with Gasteiger partial charge in [-0.3, -0.25) is 9.36 Å². The van der Waals surface area contributed by atoms with Crippen LogP contribution in [0.15, 0.2) is 69.6 Å². The summed E-state index contributed by atoms with van der Waals surface area (Å²) in [5.41, 5.74) is 1.78. The van der Waals surface area contributed by atoms with Crippen molar-refractivity contribution in [1.82, 2.24) is 4.57 Å². The molecule has 0 N–H and O–H groups in total. The summed E-state index contributed by atoms with van der Waals surface area (Å²) >= 11 is 1.22. The highest BCUT2D eigenvalue weighted by atomic mass is 32.1. The number of carbonyl (C=O) groups excluding carboxylic acids is 2. The van der Waals surface area contributed by atoms with Crippen LogP contribution in [0.25, 0.3) is 6.08 Å². The van der Waals surface area contributed by atoms with Crippen LogP contribution < -0.4 is 24.4 Å². The number of methoxy groups -OCH3 is 2. The number of allylic oxidation sites excluding steroid dienone is 1. The lowest BCUT2D eigenvalue weighted by atomic mass is 9.95. The Bertz CT molecular complexity index is 1590. The molecule has 0 bridgehead atoms. The van der Waals surface area contributed by atoms with E-state index in [1.807, 2.05) is 18.2 Å². The van der Waals surface area contributed by atoms with Crippen LogP contribution in [-0.4, -0.2) is 57.2 Å².